The maximum Gasteiger partial charge on any atom is 0.185 e. The molecule has 0 spiro atoms. The summed E-state index contributed by atoms with van der Waals surface area (Å²) in [6.45, 7) is 1.90. The molecule has 0 amide bonds. The van der Waals surface area contributed by atoms with Crippen LogP contribution in [0.4, 0.5) is 0 Å². The van der Waals surface area contributed by atoms with E-state index in [0.717, 1.165) is 14.5 Å². The van der Waals surface area contributed by atoms with Crippen molar-refractivity contribution in [1.29, 1.82) is 0 Å². The monoisotopic (exact) mass is 520 g/mol. The van der Waals surface area contributed by atoms with Gasteiger partial charge in [0.15, 0.2) is 15.6 Å². The van der Waals surface area contributed by atoms with Gasteiger partial charge in [-0.3, -0.25) is 4.79 Å². The second kappa shape index (κ2) is 8.72. The number of ketones is 1. The number of hydrogen-bond acceptors (Lipinski definition) is 3. The lowest BCUT2D eigenvalue weighted by Gasteiger charge is -2.18. The molecule has 3 rings (SSSR count). The molecule has 0 saturated heterocycles. The standard InChI is InChI=1S/C22H18Br2O3S/c1-15-2-12-20(13-3-15)28(26,27)22(17-6-10-19(24)11-7-17)14-21(25)16-4-8-18(23)9-5-16/h2-13,22H,14H2,1H3/t22-/m0/s1. The Hall–Kier alpha value is -1.76. The summed E-state index contributed by atoms with van der Waals surface area (Å²) in [5, 5.41) is -0.959. The van der Waals surface area contributed by atoms with Crippen molar-refractivity contribution in [2.75, 3.05) is 0 Å². The fourth-order valence-electron chi connectivity index (χ4n) is 2.90. The molecule has 3 aromatic rings. The molecule has 144 valence electrons. The number of carbonyl (C=O) groups is 1. The van der Waals surface area contributed by atoms with Gasteiger partial charge in [-0.2, -0.15) is 0 Å². The number of Topliss-reactive ketones (excluding diaryl/α,β-unsaturated/α-hetero) is 1. The summed E-state index contributed by atoms with van der Waals surface area (Å²) < 4.78 is 28.5. The molecule has 0 bridgehead atoms. The van der Waals surface area contributed by atoms with Crippen molar-refractivity contribution in [2.24, 2.45) is 0 Å². The molecule has 3 nitrogen and oxygen atoms in total. The summed E-state index contributed by atoms with van der Waals surface area (Å²) in [6, 6.07) is 20.7. The SMILES string of the molecule is Cc1ccc(S(=O)(=O)[C@@H](CC(=O)c2ccc(Br)cc2)c2ccc(Br)cc2)cc1. The molecular formula is C22H18Br2O3S. The molecule has 0 saturated carbocycles. The maximum absolute atomic E-state index is 13.4. The maximum atomic E-state index is 13.4. The Morgan fingerprint density at radius 3 is 1.86 bits per heavy atom. The molecule has 0 aromatic heterocycles. The van der Waals surface area contributed by atoms with Gasteiger partial charge < -0.3 is 0 Å². The largest absolute Gasteiger partial charge is 0.294 e. The summed E-state index contributed by atoms with van der Waals surface area (Å²) in [6.07, 6.45) is -0.126. The van der Waals surface area contributed by atoms with Crippen molar-refractivity contribution >= 4 is 47.5 Å². The Bertz CT molecular complexity index is 1070. The fraction of sp³-hybridized carbons (Fsp3) is 0.136. The number of carbonyl (C=O) groups excluding carboxylic acids is 1. The van der Waals surface area contributed by atoms with Crippen LogP contribution < -0.4 is 0 Å². The number of benzene rings is 3. The Morgan fingerprint density at radius 1 is 0.821 bits per heavy atom. The zero-order valence-electron chi connectivity index (χ0n) is 15.1. The molecule has 0 aliphatic carbocycles. The van der Waals surface area contributed by atoms with Gasteiger partial charge in [0.1, 0.15) is 0 Å². The van der Waals surface area contributed by atoms with Gasteiger partial charge in [-0.25, -0.2) is 8.42 Å². The van der Waals surface area contributed by atoms with Crippen LogP contribution in [0.15, 0.2) is 86.6 Å². The van der Waals surface area contributed by atoms with E-state index in [1.54, 1.807) is 72.8 Å². The molecule has 0 unspecified atom stereocenters. The Kier molecular flexibility index (Phi) is 6.53. The van der Waals surface area contributed by atoms with Crippen molar-refractivity contribution in [3.63, 3.8) is 0 Å². The van der Waals surface area contributed by atoms with E-state index < -0.39 is 15.1 Å². The Labute approximate surface area is 182 Å². The van der Waals surface area contributed by atoms with Crippen molar-refractivity contribution in [3.05, 3.63) is 98.4 Å². The van der Waals surface area contributed by atoms with Crippen molar-refractivity contribution in [2.45, 2.75) is 23.5 Å². The number of aryl methyl sites for hydroxylation is 1. The second-order valence-corrected chi connectivity index (χ2v) is 10.5. The van der Waals surface area contributed by atoms with Crippen molar-refractivity contribution in [3.8, 4) is 0 Å². The molecule has 0 N–H and O–H groups in total. The predicted molar refractivity (Wildman–Crippen MR) is 118 cm³/mol. The summed E-state index contributed by atoms with van der Waals surface area (Å²) in [7, 11) is -3.74. The van der Waals surface area contributed by atoms with Crippen LogP contribution in [0.3, 0.4) is 0 Å². The predicted octanol–water partition coefficient (Wildman–Crippen LogP) is 6.31. The molecule has 0 heterocycles. The van der Waals surface area contributed by atoms with Gasteiger partial charge in [-0.1, -0.05) is 73.8 Å². The zero-order valence-corrected chi connectivity index (χ0v) is 19.1. The fourth-order valence-corrected chi connectivity index (χ4v) is 5.16. The van der Waals surface area contributed by atoms with E-state index in [9.17, 15) is 13.2 Å². The lowest BCUT2D eigenvalue weighted by atomic mass is 10.0. The average Bonchev–Trinajstić information content (AvgIpc) is 2.67. The van der Waals surface area contributed by atoms with Gasteiger partial charge in [0.25, 0.3) is 0 Å². The van der Waals surface area contributed by atoms with Gasteiger partial charge in [0.2, 0.25) is 0 Å². The summed E-state index contributed by atoms with van der Waals surface area (Å²) in [5.41, 5.74) is 2.06. The first-order chi connectivity index (χ1) is 13.3. The van der Waals surface area contributed by atoms with Gasteiger partial charge in [-0.15, -0.1) is 0 Å². The lowest BCUT2D eigenvalue weighted by molar-refractivity contribution is 0.0980. The van der Waals surface area contributed by atoms with Crippen LogP contribution in [0.2, 0.25) is 0 Å². The highest BCUT2D eigenvalue weighted by Gasteiger charge is 2.31. The first-order valence-corrected chi connectivity index (χ1v) is 11.8. The quantitative estimate of drug-likeness (QED) is 0.357. The number of sulfone groups is 1. The molecule has 6 heteroatoms. The van der Waals surface area contributed by atoms with Crippen molar-refractivity contribution in [1.82, 2.24) is 0 Å². The van der Waals surface area contributed by atoms with E-state index in [4.69, 9.17) is 0 Å². The second-order valence-electron chi connectivity index (χ2n) is 6.53. The van der Waals surface area contributed by atoms with Crippen molar-refractivity contribution < 1.29 is 13.2 Å². The molecule has 1 atom stereocenters. The van der Waals surface area contributed by atoms with Crippen LogP contribution in [-0.2, 0) is 9.84 Å². The van der Waals surface area contributed by atoms with E-state index in [2.05, 4.69) is 31.9 Å². The highest BCUT2D eigenvalue weighted by molar-refractivity contribution is 9.10. The average molecular weight is 522 g/mol. The molecule has 0 aliphatic heterocycles. The van der Waals surface area contributed by atoms with Crippen LogP contribution in [-0.4, -0.2) is 14.2 Å². The number of rotatable bonds is 6. The highest BCUT2D eigenvalue weighted by atomic mass is 79.9. The first-order valence-electron chi connectivity index (χ1n) is 8.62. The summed E-state index contributed by atoms with van der Waals surface area (Å²) in [4.78, 5) is 13.1. The molecular weight excluding hydrogens is 504 g/mol. The topological polar surface area (TPSA) is 51.2 Å². The van der Waals surface area contributed by atoms with Crippen LogP contribution >= 0.6 is 31.9 Å². The molecule has 0 radical (unpaired) electrons. The number of halogens is 2. The Balaban J connectivity index is 2.02. The van der Waals surface area contributed by atoms with Crippen LogP contribution in [0.1, 0.15) is 33.2 Å². The zero-order chi connectivity index (χ0) is 20.3. The molecule has 28 heavy (non-hydrogen) atoms. The van der Waals surface area contributed by atoms with Gasteiger partial charge in [-0.05, 0) is 48.9 Å². The van der Waals surface area contributed by atoms with Crippen LogP contribution in [0.25, 0.3) is 0 Å². The lowest BCUT2D eigenvalue weighted by Crippen LogP contribution is -2.18. The third kappa shape index (κ3) is 4.80. The van der Waals surface area contributed by atoms with E-state index in [1.807, 2.05) is 6.92 Å². The van der Waals surface area contributed by atoms with Gasteiger partial charge >= 0.3 is 0 Å². The minimum absolute atomic E-state index is 0.126. The number of hydrogen-bond donors (Lipinski definition) is 0. The highest BCUT2D eigenvalue weighted by Crippen LogP contribution is 2.34. The van der Waals surface area contributed by atoms with E-state index in [0.29, 0.717) is 11.1 Å². The smallest absolute Gasteiger partial charge is 0.185 e. The van der Waals surface area contributed by atoms with Crippen LogP contribution in [0, 0.1) is 6.92 Å². The van der Waals surface area contributed by atoms with E-state index in [1.165, 1.54) is 0 Å². The van der Waals surface area contributed by atoms with E-state index in [-0.39, 0.29) is 17.1 Å². The normalized spacial score (nSPS) is 12.5. The minimum atomic E-state index is -3.74. The third-order valence-corrected chi connectivity index (χ3v) is 7.68. The Morgan fingerprint density at radius 2 is 1.32 bits per heavy atom. The van der Waals surface area contributed by atoms with Gasteiger partial charge in [0, 0.05) is 20.9 Å². The molecule has 0 aliphatic rings. The van der Waals surface area contributed by atoms with Crippen LogP contribution in [0.5, 0.6) is 0 Å². The third-order valence-electron chi connectivity index (χ3n) is 4.50. The summed E-state index contributed by atoms with van der Waals surface area (Å²) >= 11 is 6.72. The first kappa shape index (κ1) is 21.0. The molecule has 0 fully saturated rings. The van der Waals surface area contributed by atoms with Gasteiger partial charge in [0.05, 0.1) is 10.1 Å². The van der Waals surface area contributed by atoms with E-state index >= 15 is 0 Å². The minimum Gasteiger partial charge on any atom is -0.294 e. The summed E-state index contributed by atoms with van der Waals surface area (Å²) in [5.74, 6) is -0.212. The molecule has 3 aromatic carbocycles.